The predicted molar refractivity (Wildman–Crippen MR) is 82.4 cm³/mol. The quantitative estimate of drug-likeness (QED) is 0.879. The molecule has 0 radical (unpaired) electrons. The average molecular weight is 260 g/mol. The van der Waals surface area contributed by atoms with Crippen LogP contribution in [0.2, 0.25) is 0 Å². The van der Waals surface area contributed by atoms with Crippen molar-refractivity contribution < 1.29 is 0 Å². The Morgan fingerprint density at radius 2 is 1.84 bits per heavy atom. The minimum absolute atomic E-state index is 0.251. The molecule has 1 aromatic rings. The highest BCUT2D eigenvalue weighted by Gasteiger charge is 2.37. The lowest BCUT2D eigenvalue weighted by molar-refractivity contribution is 0.0763. The topological polar surface area (TPSA) is 29.3 Å². The van der Waals surface area contributed by atoms with Gasteiger partial charge in [0.15, 0.2) is 0 Å². The van der Waals surface area contributed by atoms with Gasteiger partial charge in [0, 0.05) is 12.1 Å². The molecule has 1 aliphatic carbocycles. The fourth-order valence-corrected chi connectivity index (χ4v) is 3.53. The Morgan fingerprint density at radius 3 is 2.37 bits per heavy atom. The maximum Gasteiger partial charge on any atom is 0.0329 e. The van der Waals surface area contributed by atoms with Gasteiger partial charge < -0.3 is 5.73 Å². The summed E-state index contributed by atoms with van der Waals surface area (Å²) in [5, 5.41) is 0. The lowest BCUT2D eigenvalue weighted by Gasteiger charge is -2.46. The monoisotopic (exact) mass is 260 g/mol. The van der Waals surface area contributed by atoms with Crippen molar-refractivity contribution in [3.8, 4) is 0 Å². The molecule has 19 heavy (non-hydrogen) atoms. The molecule has 1 fully saturated rings. The summed E-state index contributed by atoms with van der Waals surface area (Å²) in [4.78, 5) is 2.51. The summed E-state index contributed by atoms with van der Waals surface area (Å²) in [7, 11) is 2.25. The molecule has 2 heteroatoms. The number of nitrogens with two attached hydrogens (primary N) is 1. The van der Waals surface area contributed by atoms with Gasteiger partial charge >= 0.3 is 0 Å². The van der Waals surface area contributed by atoms with E-state index >= 15 is 0 Å². The van der Waals surface area contributed by atoms with E-state index < -0.39 is 0 Å². The normalized spacial score (nSPS) is 27.7. The van der Waals surface area contributed by atoms with E-state index in [9.17, 15) is 0 Å². The van der Waals surface area contributed by atoms with Crippen LogP contribution in [-0.4, -0.2) is 30.6 Å². The lowest BCUT2D eigenvalue weighted by Crippen LogP contribution is -2.54. The zero-order valence-corrected chi connectivity index (χ0v) is 12.4. The molecule has 106 valence electrons. The third kappa shape index (κ3) is 3.18. The molecule has 0 bridgehead atoms. The maximum atomic E-state index is 6.11. The van der Waals surface area contributed by atoms with Crippen molar-refractivity contribution in [3.63, 3.8) is 0 Å². The molecule has 1 aliphatic rings. The van der Waals surface area contributed by atoms with Crippen molar-refractivity contribution in [2.24, 2.45) is 5.73 Å². The summed E-state index contributed by atoms with van der Waals surface area (Å²) in [5.74, 6) is 0.732. The first-order chi connectivity index (χ1) is 9.22. The second kappa shape index (κ2) is 6.53. The Labute approximate surface area is 118 Å². The van der Waals surface area contributed by atoms with Gasteiger partial charge in [-0.15, -0.1) is 0 Å². The molecule has 0 unspecified atom stereocenters. The number of rotatable bonds is 5. The molecule has 0 aromatic heterocycles. The van der Waals surface area contributed by atoms with Crippen molar-refractivity contribution in [1.29, 1.82) is 0 Å². The first-order valence-corrected chi connectivity index (χ1v) is 7.68. The van der Waals surface area contributed by atoms with E-state index in [1.807, 2.05) is 0 Å². The zero-order chi connectivity index (χ0) is 13.7. The fourth-order valence-electron chi connectivity index (χ4n) is 3.53. The summed E-state index contributed by atoms with van der Waals surface area (Å²) < 4.78 is 0. The molecule has 2 nitrogen and oxygen atoms in total. The summed E-state index contributed by atoms with van der Waals surface area (Å²) in [6, 6.07) is 11.0. The number of nitrogens with zero attached hydrogens (tertiary/aromatic N) is 1. The average Bonchev–Trinajstić information content (AvgIpc) is 2.48. The van der Waals surface area contributed by atoms with Gasteiger partial charge in [-0.3, -0.25) is 4.90 Å². The van der Waals surface area contributed by atoms with Crippen LogP contribution < -0.4 is 5.73 Å². The van der Waals surface area contributed by atoms with E-state index in [0.717, 1.165) is 19.0 Å². The largest absolute Gasteiger partial charge is 0.329 e. The lowest BCUT2D eigenvalue weighted by atomic mass is 9.73. The van der Waals surface area contributed by atoms with Crippen LogP contribution >= 0.6 is 0 Å². The van der Waals surface area contributed by atoms with Crippen LogP contribution in [0, 0.1) is 0 Å². The standard InChI is InChI=1S/C17H28N2/c1-3-13-19(2)17(14-18)11-9-16(10-12-17)15-7-5-4-6-8-15/h4-8,16H,3,9-14,18H2,1-2H3. The third-order valence-corrected chi connectivity index (χ3v) is 4.94. The molecule has 1 aromatic carbocycles. The number of hydrogen-bond acceptors (Lipinski definition) is 2. The molecule has 0 amide bonds. The minimum Gasteiger partial charge on any atom is -0.329 e. The molecule has 1 saturated carbocycles. The van der Waals surface area contributed by atoms with E-state index in [2.05, 4.69) is 49.2 Å². The van der Waals surface area contributed by atoms with Crippen LogP contribution in [0.1, 0.15) is 50.5 Å². The first-order valence-electron chi connectivity index (χ1n) is 7.68. The van der Waals surface area contributed by atoms with Gasteiger partial charge in [-0.05, 0) is 57.2 Å². The second-order valence-electron chi connectivity index (χ2n) is 6.03. The Balaban J connectivity index is 2.00. The Kier molecular flexibility index (Phi) is 5.00. The van der Waals surface area contributed by atoms with Gasteiger partial charge in [0.1, 0.15) is 0 Å². The molecule has 2 N–H and O–H groups in total. The van der Waals surface area contributed by atoms with Crippen LogP contribution in [0.5, 0.6) is 0 Å². The van der Waals surface area contributed by atoms with Crippen molar-refractivity contribution in [2.45, 2.75) is 50.5 Å². The second-order valence-corrected chi connectivity index (χ2v) is 6.03. The summed E-state index contributed by atoms with van der Waals surface area (Å²) in [6.07, 6.45) is 6.23. The first kappa shape index (κ1) is 14.5. The summed E-state index contributed by atoms with van der Waals surface area (Å²) in [5.41, 5.74) is 7.87. The molecular weight excluding hydrogens is 232 g/mol. The van der Waals surface area contributed by atoms with Gasteiger partial charge in [-0.1, -0.05) is 37.3 Å². The van der Waals surface area contributed by atoms with Gasteiger partial charge in [0.2, 0.25) is 0 Å². The molecule has 0 heterocycles. The molecule has 0 atom stereocenters. The van der Waals surface area contributed by atoms with Crippen molar-refractivity contribution in [3.05, 3.63) is 35.9 Å². The number of benzene rings is 1. The van der Waals surface area contributed by atoms with Crippen molar-refractivity contribution in [1.82, 2.24) is 4.90 Å². The van der Waals surface area contributed by atoms with E-state index in [1.165, 1.54) is 37.7 Å². The Bertz CT molecular complexity index is 366. The smallest absolute Gasteiger partial charge is 0.0329 e. The SMILES string of the molecule is CCCN(C)C1(CN)CCC(c2ccccc2)CC1. The van der Waals surface area contributed by atoms with Gasteiger partial charge in [0.05, 0.1) is 0 Å². The van der Waals surface area contributed by atoms with Crippen molar-refractivity contribution in [2.75, 3.05) is 20.1 Å². The zero-order valence-electron chi connectivity index (χ0n) is 12.4. The van der Waals surface area contributed by atoms with E-state index in [-0.39, 0.29) is 5.54 Å². The highest BCUT2D eigenvalue weighted by atomic mass is 15.2. The number of hydrogen-bond donors (Lipinski definition) is 1. The Hall–Kier alpha value is -0.860. The molecule has 0 aliphatic heterocycles. The van der Waals surface area contributed by atoms with E-state index in [4.69, 9.17) is 5.73 Å². The van der Waals surface area contributed by atoms with Gasteiger partial charge in [-0.25, -0.2) is 0 Å². The molecular formula is C17H28N2. The van der Waals surface area contributed by atoms with Gasteiger partial charge in [0.25, 0.3) is 0 Å². The maximum absolute atomic E-state index is 6.11. The predicted octanol–water partition coefficient (Wildman–Crippen LogP) is 3.38. The van der Waals surface area contributed by atoms with Crippen LogP contribution in [0.3, 0.4) is 0 Å². The summed E-state index contributed by atoms with van der Waals surface area (Å²) in [6.45, 7) is 4.20. The summed E-state index contributed by atoms with van der Waals surface area (Å²) >= 11 is 0. The van der Waals surface area contributed by atoms with E-state index in [0.29, 0.717) is 0 Å². The number of likely N-dealkylation sites (N-methyl/N-ethyl adjacent to an activating group) is 1. The minimum atomic E-state index is 0.251. The fraction of sp³-hybridized carbons (Fsp3) is 0.647. The molecule has 2 rings (SSSR count). The Morgan fingerprint density at radius 1 is 1.21 bits per heavy atom. The molecule has 0 saturated heterocycles. The highest BCUT2D eigenvalue weighted by molar-refractivity contribution is 5.20. The van der Waals surface area contributed by atoms with Crippen LogP contribution in [0.15, 0.2) is 30.3 Å². The van der Waals surface area contributed by atoms with Crippen LogP contribution in [-0.2, 0) is 0 Å². The van der Waals surface area contributed by atoms with Gasteiger partial charge in [-0.2, -0.15) is 0 Å². The van der Waals surface area contributed by atoms with Crippen molar-refractivity contribution >= 4 is 0 Å². The third-order valence-electron chi connectivity index (χ3n) is 4.94. The van der Waals surface area contributed by atoms with Crippen LogP contribution in [0.4, 0.5) is 0 Å². The highest BCUT2D eigenvalue weighted by Crippen LogP contribution is 2.40. The van der Waals surface area contributed by atoms with E-state index in [1.54, 1.807) is 0 Å². The molecule has 0 spiro atoms. The van der Waals surface area contributed by atoms with Crippen LogP contribution in [0.25, 0.3) is 0 Å².